The molecule has 1 heterocycles. The van der Waals surface area contributed by atoms with Crippen LogP contribution in [0.15, 0.2) is 35.2 Å². The van der Waals surface area contributed by atoms with Gasteiger partial charge in [-0.05, 0) is 61.7 Å². The van der Waals surface area contributed by atoms with E-state index >= 15 is 0 Å². The minimum absolute atomic E-state index is 0.183. The van der Waals surface area contributed by atoms with E-state index in [9.17, 15) is 8.42 Å². The molecule has 7 heteroatoms. The van der Waals surface area contributed by atoms with E-state index in [4.69, 9.17) is 21.1 Å². The van der Waals surface area contributed by atoms with Crippen LogP contribution < -0.4 is 14.2 Å². The summed E-state index contributed by atoms with van der Waals surface area (Å²) in [6.07, 6.45) is 0. The molecule has 128 valence electrons. The summed E-state index contributed by atoms with van der Waals surface area (Å²) in [5.41, 5.74) is 2.13. The maximum atomic E-state index is 12.7. The minimum Gasteiger partial charge on any atom is -0.454 e. The smallest absolute Gasteiger partial charge is 0.241 e. The lowest BCUT2D eigenvalue weighted by Crippen LogP contribution is -2.27. The lowest BCUT2D eigenvalue weighted by molar-refractivity contribution is 0.174. The molecular weight excluding hydrogens is 350 g/mol. The first-order valence-corrected chi connectivity index (χ1v) is 9.32. The summed E-state index contributed by atoms with van der Waals surface area (Å²) in [5, 5.41) is 0.551. The molecule has 0 saturated heterocycles. The van der Waals surface area contributed by atoms with Crippen molar-refractivity contribution in [3.63, 3.8) is 0 Å². The summed E-state index contributed by atoms with van der Waals surface area (Å²) >= 11 is 6.05. The Labute approximate surface area is 146 Å². The lowest BCUT2D eigenvalue weighted by Gasteiger charge is -2.17. The van der Waals surface area contributed by atoms with E-state index in [0.717, 1.165) is 11.1 Å². The number of fused-ring (bicyclic) bond motifs is 1. The average molecular weight is 368 g/mol. The quantitative estimate of drug-likeness (QED) is 0.894. The van der Waals surface area contributed by atoms with Gasteiger partial charge in [0.25, 0.3) is 0 Å². The molecule has 0 amide bonds. The van der Waals surface area contributed by atoms with Crippen molar-refractivity contribution in [2.75, 3.05) is 6.79 Å². The summed E-state index contributed by atoms with van der Waals surface area (Å²) in [4.78, 5) is 0.233. The zero-order valence-corrected chi connectivity index (χ0v) is 15.2. The first kappa shape index (κ1) is 17.1. The monoisotopic (exact) mass is 367 g/mol. The van der Waals surface area contributed by atoms with Gasteiger partial charge in [0, 0.05) is 11.1 Å². The predicted molar refractivity (Wildman–Crippen MR) is 92.2 cm³/mol. The fourth-order valence-corrected chi connectivity index (χ4v) is 4.35. The highest BCUT2D eigenvalue weighted by molar-refractivity contribution is 7.89. The normalized spacial score (nSPS) is 14.7. The number of halogens is 1. The second-order valence-corrected chi connectivity index (χ2v) is 7.91. The van der Waals surface area contributed by atoms with Crippen molar-refractivity contribution in [2.45, 2.75) is 31.7 Å². The molecule has 2 aromatic rings. The molecule has 0 radical (unpaired) electrons. The van der Waals surface area contributed by atoms with E-state index < -0.39 is 16.1 Å². The molecule has 0 spiro atoms. The lowest BCUT2D eigenvalue weighted by atomic mass is 10.1. The van der Waals surface area contributed by atoms with Gasteiger partial charge in [0.1, 0.15) is 0 Å². The molecule has 1 atom stereocenters. The van der Waals surface area contributed by atoms with Gasteiger partial charge in [-0.3, -0.25) is 0 Å². The average Bonchev–Trinajstić information content (AvgIpc) is 2.97. The van der Waals surface area contributed by atoms with E-state index in [0.29, 0.717) is 22.1 Å². The minimum atomic E-state index is -3.67. The van der Waals surface area contributed by atoms with E-state index in [1.54, 1.807) is 45.0 Å². The van der Waals surface area contributed by atoms with Crippen LogP contribution in [0, 0.1) is 13.8 Å². The second-order valence-electron chi connectivity index (χ2n) is 5.82. The molecule has 0 fully saturated rings. The number of hydrogen-bond donors (Lipinski definition) is 1. The van der Waals surface area contributed by atoms with Gasteiger partial charge >= 0.3 is 0 Å². The number of sulfonamides is 1. The van der Waals surface area contributed by atoms with Crippen LogP contribution in [0.3, 0.4) is 0 Å². The molecule has 24 heavy (non-hydrogen) atoms. The zero-order valence-electron chi connectivity index (χ0n) is 13.6. The number of aryl methyl sites for hydroxylation is 2. The third-order valence-electron chi connectivity index (χ3n) is 3.97. The van der Waals surface area contributed by atoms with Crippen molar-refractivity contribution in [2.24, 2.45) is 0 Å². The van der Waals surface area contributed by atoms with Gasteiger partial charge in [0.2, 0.25) is 16.8 Å². The number of nitrogens with one attached hydrogen (secondary N) is 1. The van der Waals surface area contributed by atoms with Crippen LogP contribution in [-0.4, -0.2) is 15.2 Å². The summed E-state index contributed by atoms with van der Waals surface area (Å²) in [5.74, 6) is 1.29. The third-order valence-corrected chi connectivity index (χ3v) is 6.06. The van der Waals surface area contributed by atoms with Crippen molar-refractivity contribution < 1.29 is 17.9 Å². The van der Waals surface area contributed by atoms with Crippen molar-refractivity contribution in [1.82, 2.24) is 4.72 Å². The van der Waals surface area contributed by atoms with Crippen molar-refractivity contribution in [1.29, 1.82) is 0 Å². The predicted octanol–water partition coefficient (Wildman–Crippen LogP) is 3.73. The fraction of sp³-hybridized carbons (Fsp3) is 0.294. The van der Waals surface area contributed by atoms with Crippen LogP contribution in [-0.2, 0) is 10.0 Å². The Kier molecular flexibility index (Phi) is 4.46. The van der Waals surface area contributed by atoms with E-state index in [2.05, 4.69) is 4.72 Å². The highest BCUT2D eigenvalue weighted by Gasteiger charge is 2.23. The van der Waals surface area contributed by atoms with E-state index in [1.165, 1.54) is 0 Å². The van der Waals surface area contributed by atoms with Gasteiger partial charge in [-0.2, -0.15) is 0 Å². The Balaban J connectivity index is 1.88. The molecule has 1 aliphatic rings. The molecule has 1 aliphatic heterocycles. The Bertz CT molecular complexity index is 896. The van der Waals surface area contributed by atoms with Crippen LogP contribution in [0.2, 0.25) is 5.02 Å². The van der Waals surface area contributed by atoms with Crippen LogP contribution in [0.1, 0.15) is 29.7 Å². The SMILES string of the molecule is Cc1cc(S(=O)(=O)NC(C)c2ccc3c(c2)OCO3)c(C)cc1Cl. The molecule has 0 aliphatic carbocycles. The van der Waals surface area contributed by atoms with Gasteiger partial charge in [0.05, 0.1) is 4.90 Å². The molecule has 1 unspecified atom stereocenters. The Morgan fingerprint density at radius 1 is 1.08 bits per heavy atom. The topological polar surface area (TPSA) is 64.6 Å². The first-order chi connectivity index (χ1) is 11.3. The van der Waals surface area contributed by atoms with Crippen LogP contribution in [0.25, 0.3) is 0 Å². The molecule has 0 aromatic heterocycles. The van der Waals surface area contributed by atoms with Crippen LogP contribution in [0.4, 0.5) is 0 Å². The molecule has 1 N–H and O–H groups in total. The second kappa shape index (κ2) is 6.27. The largest absolute Gasteiger partial charge is 0.454 e. The number of rotatable bonds is 4. The van der Waals surface area contributed by atoms with Gasteiger partial charge < -0.3 is 9.47 Å². The standard InChI is InChI=1S/C17H18ClNO4S/c1-10-7-17(11(2)6-14(10)18)24(20,21)19-12(3)13-4-5-15-16(8-13)23-9-22-15/h4-8,12,19H,9H2,1-3H3. The van der Waals surface area contributed by atoms with Gasteiger partial charge in [-0.15, -0.1) is 0 Å². The first-order valence-electron chi connectivity index (χ1n) is 7.46. The van der Waals surface area contributed by atoms with E-state index in [-0.39, 0.29) is 11.7 Å². The molecule has 0 saturated carbocycles. The summed E-state index contributed by atoms with van der Waals surface area (Å²) in [7, 11) is -3.67. The molecule has 5 nitrogen and oxygen atoms in total. The van der Waals surface area contributed by atoms with Crippen molar-refractivity contribution >= 4 is 21.6 Å². The number of benzene rings is 2. The Hall–Kier alpha value is -1.76. The zero-order chi connectivity index (χ0) is 17.5. The highest BCUT2D eigenvalue weighted by atomic mass is 35.5. The molecule has 3 rings (SSSR count). The Morgan fingerprint density at radius 3 is 2.54 bits per heavy atom. The van der Waals surface area contributed by atoms with Gasteiger partial charge in [-0.25, -0.2) is 13.1 Å². The molecule has 2 aromatic carbocycles. The third kappa shape index (κ3) is 3.22. The van der Waals surface area contributed by atoms with Gasteiger partial charge in [-0.1, -0.05) is 17.7 Å². The fourth-order valence-electron chi connectivity index (χ4n) is 2.59. The molecular formula is C17H18ClNO4S. The van der Waals surface area contributed by atoms with Crippen LogP contribution in [0.5, 0.6) is 11.5 Å². The summed E-state index contributed by atoms with van der Waals surface area (Å²) < 4.78 is 38.8. The van der Waals surface area contributed by atoms with E-state index in [1.807, 2.05) is 6.07 Å². The number of hydrogen-bond acceptors (Lipinski definition) is 4. The Morgan fingerprint density at radius 2 is 1.79 bits per heavy atom. The highest BCUT2D eigenvalue weighted by Crippen LogP contribution is 2.34. The maximum Gasteiger partial charge on any atom is 0.241 e. The van der Waals surface area contributed by atoms with Crippen LogP contribution >= 0.6 is 11.6 Å². The number of ether oxygens (including phenoxy) is 2. The summed E-state index contributed by atoms with van der Waals surface area (Å²) in [6, 6.07) is 8.22. The summed E-state index contributed by atoms with van der Waals surface area (Å²) in [6.45, 7) is 5.47. The van der Waals surface area contributed by atoms with Crippen molar-refractivity contribution in [3.8, 4) is 11.5 Å². The van der Waals surface area contributed by atoms with Crippen molar-refractivity contribution in [3.05, 3.63) is 52.0 Å². The maximum absolute atomic E-state index is 12.7. The van der Waals surface area contributed by atoms with Gasteiger partial charge in [0.15, 0.2) is 11.5 Å². The molecule has 0 bridgehead atoms.